The van der Waals surface area contributed by atoms with Crippen molar-refractivity contribution < 1.29 is 9.53 Å². The summed E-state index contributed by atoms with van der Waals surface area (Å²) in [4.78, 5) is 24.5. The van der Waals surface area contributed by atoms with Crippen LogP contribution in [0.25, 0.3) is 0 Å². The maximum absolute atomic E-state index is 12.7. The number of aliphatic imine (C=N–C) groups is 1. The topological polar surface area (TPSA) is 60.4 Å². The van der Waals surface area contributed by atoms with E-state index in [0.29, 0.717) is 18.4 Å². The number of likely N-dealkylation sites (tertiary alicyclic amines) is 1. The van der Waals surface area contributed by atoms with Gasteiger partial charge in [0.05, 0.1) is 13.2 Å². The summed E-state index contributed by atoms with van der Waals surface area (Å²) < 4.78 is 5.81. The predicted octanol–water partition coefficient (Wildman–Crippen LogP) is 2.54. The molecule has 2 fully saturated rings. The summed E-state index contributed by atoms with van der Waals surface area (Å²) in [6, 6.07) is 8.34. The Morgan fingerprint density at radius 2 is 1.78 bits per heavy atom. The summed E-state index contributed by atoms with van der Waals surface area (Å²) in [5, 5.41) is 3.48. The normalized spacial score (nSPS) is 22.7. The largest absolute Gasteiger partial charge is 0.493 e. The van der Waals surface area contributed by atoms with Crippen molar-refractivity contribution in [1.29, 1.82) is 0 Å². The van der Waals surface area contributed by atoms with Gasteiger partial charge in [0.15, 0.2) is 5.96 Å². The number of guanidine groups is 1. The standard InChI is InChI=1S/C25H39N5O2/c1-2-26-25(27-19-21-11-18-32-23-10-6-5-9-22(21)23)30-16-14-28(15-17-30)20-24(31)29-12-7-3-4-8-13-29/h5-6,9-10,21H,2-4,7-8,11-20H2,1H3,(H,26,27). The third-order valence-electron chi connectivity index (χ3n) is 6.87. The van der Waals surface area contributed by atoms with E-state index in [-0.39, 0.29) is 0 Å². The number of hydrogen-bond acceptors (Lipinski definition) is 4. The van der Waals surface area contributed by atoms with Crippen LogP contribution in [0.4, 0.5) is 0 Å². The predicted molar refractivity (Wildman–Crippen MR) is 128 cm³/mol. The average Bonchev–Trinajstić information content (AvgIpc) is 3.12. The molecule has 32 heavy (non-hydrogen) atoms. The first-order valence-corrected chi connectivity index (χ1v) is 12.5. The number of para-hydroxylation sites is 1. The van der Waals surface area contributed by atoms with Gasteiger partial charge < -0.3 is 19.9 Å². The minimum absolute atomic E-state index is 0.305. The summed E-state index contributed by atoms with van der Waals surface area (Å²) in [5.74, 6) is 2.71. The Labute approximate surface area is 192 Å². The molecule has 176 valence electrons. The molecule has 1 amide bonds. The van der Waals surface area contributed by atoms with Gasteiger partial charge in [-0.25, -0.2) is 0 Å². The number of nitrogens with zero attached hydrogens (tertiary/aromatic N) is 4. The molecule has 7 heteroatoms. The highest BCUT2D eigenvalue weighted by Gasteiger charge is 2.25. The van der Waals surface area contributed by atoms with Crippen molar-refractivity contribution in [1.82, 2.24) is 20.0 Å². The molecule has 4 rings (SSSR count). The van der Waals surface area contributed by atoms with Crippen LogP contribution in [0.3, 0.4) is 0 Å². The van der Waals surface area contributed by atoms with Gasteiger partial charge in [0.1, 0.15) is 5.75 Å². The van der Waals surface area contributed by atoms with Crippen LogP contribution in [0.2, 0.25) is 0 Å². The number of carbonyl (C=O) groups is 1. The summed E-state index contributed by atoms with van der Waals surface area (Å²) in [7, 11) is 0. The van der Waals surface area contributed by atoms with Crippen LogP contribution < -0.4 is 10.1 Å². The van der Waals surface area contributed by atoms with Crippen LogP contribution in [-0.2, 0) is 4.79 Å². The van der Waals surface area contributed by atoms with Gasteiger partial charge in [-0.3, -0.25) is 14.7 Å². The Hall–Kier alpha value is -2.28. The van der Waals surface area contributed by atoms with Crippen molar-refractivity contribution in [3.63, 3.8) is 0 Å². The van der Waals surface area contributed by atoms with E-state index < -0.39 is 0 Å². The van der Waals surface area contributed by atoms with Crippen molar-refractivity contribution in [2.75, 3.05) is 65.5 Å². The Balaban J connectivity index is 1.30. The molecule has 0 spiro atoms. The van der Waals surface area contributed by atoms with E-state index >= 15 is 0 Å². The van der Waals surface area contributed by atoms with E-state index in [2.05, 4.69) is 45.1 Å². The van der Waals surface area contributed by atoms with Crippen LogP contribution in [-0.4, -0.2) is 92.1 Å². The first-order valence-electron chi connectivity index (χ1n) is 12.5. The molecule has 2 saturated heterocycles. The third-order valence-corrected chi connectivity index (χ3v) is 6.87. The Kier molecular flexibility index (Phi) is 8.26. The molecule has 3 aliphatic heterocycles. The molecule has 0 radical (unpaired) electrons. The lowest BCUT2D eigenvalue weighted by atomic mass is 9.93. The molecule has 0 aliphatic carbocycles. The molecule has 0 bridgehead atoms. The molecular weight excluding hydrogens is 402 g/mol. The van der Waals surface area contributed by atoms with E-state index in [4.69, 9.17) is 9.73 Å². The van der Waals surface area contributed by atoms with Gasteiger partial charge in [-0.15, -0.1) is 0 Å². The van der Waals surface area contributed by atoms with Crippen LogP contribution in [0.15, 0.2) is 29.3 Å². The Morgan fingerprint density at radius 3 is 2.53 bits per heavy atom. The van der Waals surface area contributed by atoms with Gasteiger partial charge >= 0.3 is 0 Å². The molecule has 1 atom stereocenters. The van der Waals surface area contributed by atoms with Crippen molar-refractivity contribution in [2.24, 2.45) is 4.99 Å². The quantitative estimate of drug-likeness (QED) is 0.562. The number of amides is 1. The van der Waals surface area contributed by atoms with Crippen molar-refractivity contribution >= 4 is 11.9 Å². The fraction of sp³-hybridized carbons (Fsp3) is 0.680. The lowest BCUT2D eigenvalue weighted by molar-refractivity contribution is -0.132. The monoisotopic (exact) mass is 441 g/mol. The maximum atomic E-state index is 12.7. The third kappa shape index (κ3) is 5.94. The van der Waals surface area contributed by atoms with Crippen LogP contribution >= 0.6 is 0 Å². The van der Waals surface area contributed by atoms with Gasteiger partial charge in [-0.2, -0.15) is 0 Å². The second kappa shape index (κ2) is 11.5. The summed E-state index contributed by atoms with van der Waals surface area (Å²) in [6.45, 7) is 10.6. The Bertz CT molecular complexity index is 767. The minimum Gasteiger partial charge on any atom is -0.493 e. The van der Waals surface area contributed by atoms with Gasteiger partial charge in [-0.1, -0.05) is 31.0 Å². The van der Waals surface area contributed by atoms with Gasteiger partial charge in [0.25, 0.3) is 0 Å². The fourth-order valence-electron chi connectivity index (χ4n) is 4.96. The molecule has 1 aromatic rings. The van der Waals surface area contributed by atoms with Crippen molar-refractivity contribution in [3.05, 3.63) is 29.8 Å². The number of benzene rings is 1. The molecule has 3 heterocycles. The SMILES string of the molecule is CCNC(=NCC1CCOc2ccccc21)N1CCN(CC(=O)N2CCCCCC2)CC1. The number of carbonyl (C=O) groups excluding carboxylic acids is 1. The second-order valence-electron chi connectivity index (χ2n) is 9.12. The molecular formula is C25H39N5O2. The minimum atomic E-state index is 0.305. The zero-order valence-electron chi connectivity index (χ0n) is 19.6. The van der Waals surface area contributed by atoms with E-state index in [1.54, 1.807) is 0 Å². The van der Waals surface area contributed by atoms with E-state index in [1.165, 1.54) is 18.4 Å². The molecule has 1 unspecified atom stereocenters. The lowest BCUT2D eigenvalue weighted by Gasteiger charge is -2.37. The van der Waals surface area contributed by atoms with Crippen molar-refractivity contribution in [2.45, 2.75) is 44.9 Å². The number of piperazine rings is 1. The average molecular weight is 442 g/mol. The molecule has 1 N–H and O–H groups in total. The van der Waals surface area contributed by atoms with E-state index in [9.17, 15) is 4.79 Å². The molecule has 1 aromatic carbocycles. The van der Waals surface area contributed by atoms with Gasteiger partial charge in [0, 0.05) is 58.3 Å². The molecule has 7 nitrogen and oxygen atoms in total. The van der Waals surface area contributed by atoms with Gasteiger partial charge in [0.2, 0.25) is 5.91 Å². The second-order valence-corrected chi connectivity index (χ2v) is 9.12. The highest BCUT2D eigenvalue weighted by molar-refractivity contribution is 5.80. The first kappa shape index (κ1) is 22.9. The highest BCUT2D eigenvalue weighted by Crippen LogP contribution is 2.33. The number of rotatable bonds is 5. The van der Waals surface area contributed by atoms with Gasteiger partial charge in [-0.05, 0) is 37.8 Å². The molecule has 3 aliphatic rings. The number of ether oxygens (including phenoxy) is 1. The first-order chi connectivity index (χ1) is 15.7. The van der Waals surface area contributed by atoms with Crippen LogP contribution in [0.1, 0.15) is 50.5 Å². The number of hydrogen-bond donors (Lipinski definition) is 1. The summed E-state index contributed by atoms with van der Waals surface area (Å²) in [6.07, 6.45) is 5.83. The summed E-state index contributed by atoms with van der Waals surface area (Å²) >= 11 is 0. The zero-order valence-corrected chi connectivity index (χ0v) is 19.6. The molecule has 0 aromatic heterocycles. The van der Waals surface area contributed by atoms with Crippen LogP contribution in [0.5, 0.6) is 5.75 Å². The summed E-state index contributed by atoms with van der Waals surface area (Å²) in [5.41, 5.74) is 1.27. The highest BCUT2D eigenvalue weighted by atomic mass is 16.5. The Morgan fingerprint density at radius 1 is 1.03 bits per heavy atom. The van der Waals surface area contributed by atoms with Crippen LogP contribution in [0, 0.1) is 0 Å². The van der Waals surface area contributed by atoms with E-state index in [1.807, 2.05) is 6.07 Å². The fourth-order valence-corrected chi connectivity index (χ4v) is 4.96. The lowest BCUT2D eigenvalue weighted by Crippen LogP contribution is -2.54. The zero-order chi connectivity index (χ0) is 22.2. The smallest absolute Gasteiger partial charge is 0.236 e. The number of nitrogens with one attached hydrogen (secondary N) is 1. The number of fused-ring (bicyclic) bond motifs is 1. The van der Waals surface area contributed by atoms with E-state index in [0.717, 1.165) is 89.9 Å². The maximum Gasteiger partial charge on any atom is 0.236 e. The molecule has 0 saturated carbocycles. The van der Waals surface area contributed by atoms with Crippen molar-refractivity contribution in [3.8, 4) is 5.75 Å².